The number of fused-ring (bicyclic) bond motifs is 1. The first-order valence-corrected chi connectivity index (χ1v) is 18.0. The van der Waals surface area contributed by atoms with E-state index < -0.39 is 81.8 Å². The summed E-state index contributed by atoms with van der Waals surface area (Å²) in [5.74, 6) is -0.506. The summed E-state index contributed by atoms with van der Waals surface area (Å²) in [5.41, 5.74) is 5.36. The lowest BCUT2D eigenvalue weighted by molar-refractivity contribution is -0.397. The van der Waals surface area contributed by atoms with Gasteiger partial charge in [-0.2, -0.15) is 8.62 Å². The van der Waals surface area contributed by atoms with Gasteiger partial charge in [0, 0.05) is 30.3 Å². The number of nitrogen functional groups attached to an aromatic ring is 1. The summed E-state index contributed by atoms with van der Waals surface area (Å²) in [4.78, 5) is 66.7. The molecule has 0 aliphatic carbocycles. The first-order valence-electron chi connectivity index (χ1n) is 13.4. The molecule has 0 bridgehead atoms. The molecule has 4 rings (SSSR count). The van der Waals surface area contributed by atoms with Crippen molar-refractivity contribution in [2.45, 2.75) is 51.4 Å². The van der Waals surface area contributed by atoms with Crippen LogP contribution < -0.4 is 5.73 Å². The molecular formula is C22H29N6O17P3. The second-order valence-electron chi connectivity index (χ2n) is 10.5. The lowest BCUT2D eigenvalue weighted by Crippen LogP contribution is -2.26. The smallest absolute Gasteiger partial charge is 0.390 e. The Morgan fingerprint density at radius 3 is 2.25 bits per heavy atom. The highest BCUT2D eigenvalue weighted by atomic mass is 31.3. The fraction of sp³-hybridized carbons (Fsp3) is 0.455. The Morgan fingerprint density at radius 2 is 1.69 bits per heavy atom. The Bertz CT molecular complexity index is 1820. The average Bonchev–Trinajstić information content (AvgIpc) is 3.50. The van der Waals surface area contributed by atoms with E-state index in [9.17, 15) is 48.8 Å². The van der Waals surface area contributed by atoms with Crippen LogP contribution in [0.15, 0.2) is 30.7 Å². The minimum Gasteiger partial charge on any atom is -0.390 e. The molecule has 3 heterocycles. The molecule has 3 aromatic rings. The molecule has 48 heavy (non-hydrogen) atoms. The van der Waals surface area contributed by atoms with Crippen LogP contribution in [0, 0.1) is 26.1 Å². The number of rotatable bonds is 15. The standard InChI is InChI=1S/C22H29N6O17P3/c1-11(2)20(19-13(27(30)31)4-3-5-14(19)28(32)33)41-8-12-7-26(22-18(12)21(23)24-10-25-22)17-6-15(29)16(43-17)9-42-47(37,38)45-48(39,40)44-46(34,35)36/h3-5,7,10-11,15-17,20,29H,6,8-9H2,1-2H3,(H,37,38)(H,39,40)(H2,23,24,25)(H2,34,35,36)/t15-,16+,17+,20?/m0/s1. The summed E-state index contributed by atoms with van der Waals surface area (Å²) in [6.07, 6.45) is -2.50. The Morgan fingerprint density at radius 1 is 1.06 bits per heavy atom. The van der Waals surface area contributed by atoms with E-state index in [2.05, 4.69) is 23.1 Å². The van der Waals surface area contributed by atoms with Gasteiger partial charge in [0.15, 0.2) is 0 Å². The highest BCUT2D eigenvalue weighted by Crippen LogP contribution is 2.66. The fourth-order valence-electron chi connectivity index (χ4n) is 4.96. The molecule has 1 aliphatic rings. The number of nitro groups is 2. The van der Waals surface area contributed by atoms with Crippen LogP contribution in [0.2, 0.25) is 0 Å². The lowest BCUT2D eigenvalue weighted by atomic mass is 9.95. The van der Waals surface area contributed by atoms with Gasteiger partial charge in [-0.05, 0) is 12.0 Å². The number of ether oxygens (including phenoxy) is 2. The number of nitrogens with two attached hydrogens (primary N) is 1. The molecule has 26 heteroatoms. The second kappa shape index (κ2) is 14.3. The Hall–Kier alpha value is -3.27. The van der Waals surface area contributed by atoms with Gasteiger partial charge in [0.05, 0.1) is 40.7 Å². The topological polar surface area (TPSA) is 342 Å². The minimum absolute atomic E-state index is 0.0159. The van der Waals surface area contributed by atoms with Crippen molar-refractivity contribution >= 4 is 51.7 Å². The van der Waals surface area contributed by atoms with Crippen LogP contribution in [0.4, 0.5) is 17.2 Å². The molecule has 0 saturated carbocycles. The molecule has 0 amide bonds. The first-order chi connectivity index (χ1) is 22.2. The third-order valence-electron chi connectivity index (χ3n) is 6.81. The molecule has 6 atom stereocenters. The van der Waals surface area contributed by atoms with Crippen molar-refractivity contribution in [3.8, 4) is 0 Å². The van der Waals surface area contributed by atoms with Crippen LogP contribution in [0.1, 0.15) is 43.7 Å². The van der Waals surface area contributed by atoms with E-state index in [-0.39, 0.29) is 35.4 Å². The Balaban J connectivity index is 1.57. The number of aliphatic hydroxyl groups is 1. The van der Waals surface area contributed by atoms with E-state index in [1.165, 1.54) is 16.8 Å². The molecule has 2 aromatic heterocycles. The zero-order chi connectivity index (χ0) is 35.8. The third kappa shape index (κ3) is 8.84. The molecule has 0 radical (unpaired) electrons. The van der Waals surface area contributed by atoms with Gasteiger partial charge in [0.25, 0.3) is 11.4 Å². The van der Waals surface area contributed by atoms with Crippen LogP contribution in [-0.4, -0.2) is 67.9 Å². The van der Waals surface area contributed by atoms with Crippen LogP contribution in [0.25, 0.3) is 11.0 Å². The molecule has 23 nitrogen and oxygen atoms in total. The fourth-order valence-corrected chi connectivity index (χ4v) is 7.99. The highest BCUT2D eigenvalue weighted by molar-refractivity contribution is 7.66. The van der Waals surface area contributed by atoms with Gasteiger partial charge >= 0.3 is 23.5 Å². The Kier molecular flexibility index (Phi) is 11.2. The van der Waals surface area contributed by atoms with Gasteiger partial charge in [-0.15, -0.1) is 0 Å². The maximum atomic E-state index is 12.1. The number of nitro benzene ring substituents is 2. The number of phosphoric ester groups is 1. The number of benzene rings is 1. The summed E-state index contributed by atoms with van der Waals surface area (Å²) in [7, 11) is -16.9. The largest absolute Gasteiger partial charge is 0.490 e. The molecule has 3 unspecified atom stereocenters. The number of hydrogen-bond donors (Lipinski definition) is 6. The van der Waals surface area contributed by atoms with Crippen molar-refractivity contribution in [1.82, 2.24) is 14.5 Å². The van der Waals surface area contributed by atoms with Crippen molar-refractivity contribution in [3.05, 3.63) is 62.1 Å². The van der Waals surface area contributed by atoms with Gasteiger partial charge in [-0.3, -0.25) is 24.8 Å². The zero-order valence-electron chi connectivity index (χ0n) is 24.7. The van der Waals surface area contributed by atoms with Crippen molar-refractivity contribution in [3.63, 3.8) is 0 Å². The summed E-state index contributed by atoms with van der Waals surface area (Å²) in [6.45, 7) is 2.08. The average molecular weight is 742 g/mol. The number of aromatic nitrogens is 3. The van der Waals surface area contributed by atoms with Crippen molar-refractivity contribution < 1.29 is 70.8 Å². The van der Waals surface area contributed by atoms with Gasteiger partial charge in [0.1, 0.15) is 35.7 Å². The monoisotopic (exact) mass is 742 g/mol. The zero-order valence-corrected chi connectivity index (χ0v) is 27.4. The normalized spacial score (nSPS) is 21.6. The molecule has 1 saturated heterocycles. The van der Waals surface area contributed by atoms with E-state index in [1.807, 2.05) is 0 Å². The van der Waals surface area contributed by atoms with Gasteiger partial charge in [0.2, 0.25) is 0 Å². The van der Waals surface area contributed by atoms with Gasteiger partial charge < -0.3 is 44.5 Å². The van der Waals surface area contributed by atoms with Gasteiger partial charge in [-0.1, -0.05) is 13.8 Å². The summed E-state index contributed by atoms with van der Waals surface area (Å²) in [5, 5.41) is 34.4. The number of aliphatic hydroxyl groups excluding tert-OH is 1. The van der Waals surface area contributed by atoms with E-state index in [4.69, 9.17) is 25.0 Å². The molecule has 0 spiro atoms. The Labute approximate surface area is 269 Å². The predicted octanol–water partition coefficient (Wildman–Crippen LogP) is 2.74. The van der Waals surface area contributed by atoms with Crippen LogP contribution in [-0.2, 0) is 42.9 Å². The lowest BCUT2D eigenvalue weighted by Gasteiger charge is -2.21. The van der Waals surface area contributed by atoms with Crippen LogP contribution in [0.3, 0.4) is 0 Å². The van der Waals surface area contributed by atoms with Crippen molar-refractivity contribution in [2.24, 2.45) is 5.92 Å². The van der Waals surface area contributed by atoms with E-state index in [0.717, 1.165) is 18.5 Å². The van der Waals surface area contributed by atoms with E-state index in [0.29, 0.717) is 5.56 Å². The van der Waals surface area contributed by atoms with E-state index in [1.54, 1.807) is 13.8 Å². The van der Waals surface area contributed by atoms with Gasteiger partial charge in [-0.25, -0.2) is 23.7 Å². The number of nitrogens with zero attached hydrogens (tertiary/aromatic N) is 5. The molecule has 1 fully saturated rings. The molecular weight excluding hydrogens is 713 g/mol. The van der Waals surface area contributed by atoms with Crippen molar-refractivity contribution in [1.29, 1.82) is 0 Å². The predicted molar refractivity (Wildman–Crippen MR) is 158 cm³/mol. The van der Waals surface area contributed by atoms with Crippen LogP contribution >= 0.6 is 23.5 Å². The maximum absolute atomic E-state index is 12.1. The quantitative estimate of drug-likeness (QED) is 0.0740. The summed E-state index contributed by atoms with van der Waals surface area (Å²) < 4.78 is 59.7. The summed E-state index contributed by atoms with van der Waals surface area (Å²) in [6, 6.07) is 3.44. The molecule has 1 aliphatic heterocycles. The number of hydrogen-bond acceptors (Lipinski definition) is 16. The third-order valence-corrected chi connectivity index (χ3v) is 10.6. The van der Waals surface area contributed by atoms with E-state index >= 15 is 0 Å². The molecule has 7 N–H and O–H groups in total. The van der Waals surface area contributed by atoms with Crippen molar-refractivity contribution in [2.75, 3.05) is 12.3 Å². The summed E-state index contributed by atoms with van der Waals surface area (Å²) >= 11 is 0. The minimum atomic E-state index is -5.77. The number of phosphoric acid groups is 3. The highest BCUT2D eigenvalue weighted by Gasteiger charge is 2.43. The maximum Gasteiger partial charge on any atom is 0.490 e. The SMILES string of the molecule is CC(C)C(OCc1cn([C@H]2C[C@H](O)[C@@H](COP(=O)(O)OP(=O)(O)OP(=O)(O)O)O2)c2ncnc(N)c12)c1c([N+](=O)[O-])cccc1[N+](=O)[O-]. The van der Waals surface area contributed by atoms with Crippen LogP contribution in [0.5, 0.6) is 0 Å². The molecule has 264 valence electrons. The molecule has 1 aromatic carbocycles. The second-order valence-corrected chi connectivity index (χ2v) is 15.0. The first kappa shape index (κ1) is 37.5. The number of anilines is 1.